The lowest BCUT2D eigenvalue weighted by Crippen LogP contribution is -2.36. The molecule has 0 fully saturated rings. The molecule has 0 radical (unpaired) electrons. The van der Waals surface area contributed by atoms with Crippen LogP contribution < -0.4 is 11.1 Å². The average Bonchev–Trinajstić information content (AvgIpc) is 2.02. The maximum Gasteiger partial charge on any atom is 0.227 e. The van der Waals surface area contributed by atoms with E-state index in [4.69, 9.17) is 5.73 Å². The van der Waals surface area contributed by atoms with Gasteiger partial charge < -0.3 is 11.1 Å². The van der Waals surface area contributed by atoms with Gasteiger partial charge in [-0.1, -0.05) is 32.5 Å². The molecule has 0 aliphatic heterocycles. The van der Waals surface area contributed by atoms with Crippen molar-refractivity contribution in [2.75, 3.05) is 0 Å². The van der Waals surface area contributed by atoms with Gasteiger partial charge in [-0.25, -0.2) is 0 Å². The number of carbonyl (C=O) groups excluding carboxylic acids is 1. The number of hydrogen-bond acceptors (Lipinski definition) is 2. The van der Waals surface area contributed by atoms with Crippen LogP contribution in [0.5, 0.6) is 0 Å². The molecule has 0 aliphatic carbocycles. The molecular formula is C9H18N2OS. The molecule has 0 rings (SSSR count). The smallest absolute Gasteiger partial charge is 0.227 e. The van der Waals surface area contributed by atoms with Crippen molar-refractivity contribution < 1.29 is 4.79 Å². The van der Waals surface area contributed by atoms with Crippen LogP contribution in [0, 0.1) is 0 Å². The first-order valence-corrected chi connectivity index (χ1v) is 5.08. The second kappa shape index (κ2) is 6.83. The summed E-state index contributed by atoms with van der Waals surface area (Å²) in [6.07, 6.45) is 3.21. The minimum Gasteiger partial charge on any atom is -0.393 e. The van der Waals surface area contributed by atoms with Crippen LogP contribution in [0.1, 0.15) is 39.5 Å². The van der Waals surface area contributed by atoms with Gasteiger partial charge in [-0.15, -0.1) is 0 Å². The Morgan fingerprint density at radius 2 is 2.15 bits per heavy atom. The van der Waals surface area contributed by atoms with Crippen LogP contribution in [-0.4, -0.2) is 16.9 Å². The van der Waals surface area contributed by atoms with E-state index in [-0.39, 0.29) is 23.4 Å². The van der Waals surface area contributed by atoms with Crippen molar-refractivity contribution in [1.29, 1.82) is 0 Å². The third-order valence-corrected chi connectivity index (χ3v) is 1.97. The van der Waals surface area contributed by atoms with E-state index in [1.165, 1.54) is 0 Å². The Hall–Kier alpha value is -0.640. The van der Waals surface area contributed by atoms with E-state index in [9.17, 15) is 4.79 Å². The lowest BCUT2D eigenvalue weighted by atomic mass is 10.1. The van der Waals surface area contributed by atoms with Gasteiger partial charge in [0.2, 0.25) is 5.91 Å². The largest absolute Gasteiger partial charge is 0.393 e. The summed E-state index contributed by atoms with van der Waals surface area (Å²) in [6.45, 7) is 4.16. The van der Waals surface area contributed by atoms with Crippen molar-refractivity contribution in [2.24, 2.45) is 5.73 Å². The van der Waals surface area contributed by atoms with Crippen LogP contribution >= 0.6 is 12.2 Å². The van der Waals surface area contributed by atoms with Crippen LogP contribution in [0.25, 0.3) is 0 Å². The Bertz CT molecular complexity index is 182. The van der Waals surface area contributed by atoms with Crippen molar-refractivity contribution in [3.05, 3.63) is 0 Å². The normalized spacial score (nSPS) is 12.2. The molecular weight excluding hydrogens is 184 g/mol. The maximum atomic E-state index is 11.2. The van der Waals surface area contributed by atoms with Crippen molar-refractivity contribution in [3.63, 3.8) is 0 Å². The van der Waals surface area contributed by atoms with Crippen LogP contribution in [0.15, 0.2) is 0 Å². The molecule has 0 saturated heterocycles. The quantitative estimate of drug-likeness (QED) is 0.639. The molecule has 3 N–H and O–H groups in total. The molecule has 1 unspecified atom stereocenters. The van der Waals surface area contributed by atoms with E-state index in [1.807, 2.05) is 0 Å². The second-order valence-corrected chi connectivity index (χ2v) is 3.63. The van der Waals surface area contributed by atoms with E-state index in [2.05, 4.69) is 31.4 Å². The zero-order valence-electron chi connectivity index (χ0n) is 8.30. The van der Waals surface area contributed by atoms with Gasteiger partial charge in [0, 0.05) is 6.04 Å². The molecule has 0 aromatic heterocycles. The molecule has 0 aromatic carbocycles. The molecule has 0 aliphatic rings. The van der Waals surface area contributed by atoms with Crippen LogP contribution in [0.3, 0.4) is 0 Å². The molecule has 0 aromatic rings. The minimum atomic E-state index is -0.0622. The Morgan fingerprint density at radius 3 is 2.54 bits per heavy atom. The first kappa shape index (κ1) is 12.4. The van der Waals surface area contributed by atoms with Crippen molar-refractivity contribution in [1.82, 2.24) is 5.32 Å². The molecule has 13 heavy (non-hydrogen) atoms. The van der Waals surface area contributed by atoms with Gasteiger partial charge in [-0.3, -0.25) is 4.79 Å². The fourth-order valence-corrected chi connectivity index (χ4v) is 1.29. The third kappa shape index (κ3) is 6.51. The van der Waals surface area contributed by atoms with E-state index in [0.717, 1.165) is 19.3 Å². The minimum absolute atomic E-state index is 0.0622. The van der Waals surface area contributed by atoms with E-state index in [1.54, 1.807) is 0 Å². The Morgan fingerprint density at radius 1 is 1.54 bits per heavy atom. The Kier molecular flexibility index (Phi) is 6.49. The van der Waals surface area contributed by atoms with E-state index >= 15 is 0 Å². The predicted molar refractivity (Wildman–Crippen MR) is 58.5 cm³/mol. The highest BCUT2D eigenvalue weighted by Gasteiger charge is 2.09. The van der Waals surface area contributed by atoms with Gasteiger partial charge in [-0.05, 0) is 12.8 Å². The summed E-state index contributed by atoms with van der Waals surface area (Å²) < 4.78 is 0. The van der Waals surface area contributed by atoms with Gasteiger partial charge >= 0.3 is 0 Å². The van der Waals surface area contributed by atoms with Crippen molar-refractivity contribution in [2.45, 2.75) is 45.6 Å². The first-order valence-electron chi connectivity index (χ1n) is 4.67. The molecule has 3 nitrogen and oxygen atoms in total. The monoisotopic (exact) mass is 202 g/mol. The molecule has 0 spiro atoms. The zero-order valence-corrected chi connectivity index (χ0v) is 9.12. The van der Waals surface area contributed by atoms with Crippen LogP contribution in [0.2, 0.25) is 0 Å². The van der Waals surface area contributed by atoms with E-state index in [0.29, 0.717) is 0 Å². The predicted octanol–water partition coefficient (Wildman–Crippen LogP) is 1.36. The number of nitrogens with one attached hydrogen (secondary N) is 1. The molecule has 0 heterocycles. The molecule has 1 amide bonds. The summed E-state index contributed by atoms with van der Waals surface area (Å²) in [5.74, 6) is -0.0622. The molecule has 1 atom stereocenters. The Labute approximate surface area is 85.1 Å². The fraction of sp³-hybridized carbons (Fsp3) is 0.778. The van der Waals surface area contributed by atoms with Crippen molar-refractivity contribution >= 4 is 23.1 Å². The third-order valence-electron chi connectivity index (χ3n) is 1.83. The fourth-order valence-electron chi connectivity index (χ4n) is 1.16. The Balaban J connectivity index is 3.79. The van der Waals surface area contributed by atoms with Crippen molar-refractivity contribution in [3.8, 4) is 0 Å². The highest BCUT2D eigenvalue weighted by atomic mass is 32.1. The molecule has 76 valence electrons. The lowest BCUT2D eigenvalue weighted by molar-refractivity contribution is -0.120. The van der Waals surface area contributed by atoms with Gasteiger partial charge in [0.25, 0.3) is 0 Å². The highest BCUT2D eigenvalue weighted by Crippen LogP contribution is 2.00. The van der Waals surface area contributed by atoms with Gasteiger partial charge in [0.15, 0.2) is 0 Å². The number of rotatable bonds is 6. The number of hydrogen-bond donors (Lipinski definition) is 2. The first-order chi connectivity index (χ1) is 6.10. The summed E-state index contributed by atoms with van der Waals surface area (Å²) in [5, 5.41) is 2.89. The number of nitrogens with two attached hydrogens (primary N) is 1. The summed E-state index contributed by atoms with van der Waals surface area (Å²) in [6, 6.07) is 0.270. The van der Waals surface area contributed by atoms with Crippen LogP contribution in [0.4, 0.5) is 0 Å². The molecule has 0 bridgehead atoms. The van der Waals surface area contributed by atoms with Gasteiger partial charge in [-0.2, -0.15) is 0 Å². The maximum absolute atomic E-state index is 11.2. The summed E-state index contributed by atoms with van der Waals surface area (Å²) in [5.41, 5.74) is 5.26. The SMILES string of the molecule is CCCC(CC)NC(=O)CC(N)=S. The summed E-state index contributed by atoms with van der Waals surface area (Å²) >= 11 is 4.64. The average molecular weight is 202 g/mol. The zero-order chi connectivity index (χ0) is 10.3. The van der Waals surface area contributed by atoms with Crippen LogP contribution in [-0.2, 0) is 4.79 Å². The standard InChI is InChI=1S/C9H18N2OS/c1-3-5-7(4-2)11-9(12)6-8(10)13/h7H,3-6H2,1-2H3,(H2,10,13)(H,11,12). The molecule has 4 heteroatoms. The van der Waals surface area contributed by atoms with Gasteiger partial charge in [0.05, 0.1) is 11.4 Å². The van der Waals surface area contributed by atoms with E-state index < -0.39 is 0 Å². The topological polar surface area (TPSA) is 55.1 Å². The summed E-state index contributed by atoms with van der Waals surface area (Å²) in [4.78, 5) is 11.5. The number of thiocarbonyl (C=S) groups is 1. The van der Waals surface area contributed by atoms with Gasteiger partial charge in [0.1, 0.15) is 0 Å². The lowest BCUT2D eigenvalue weighted by Gasteiger charge is -2.15. The number of amides is 1. The molecule has 0 saturated carbocycles. The highest BCUT2D eigenvalue weighted by molar-refractivity contribution is 7.80. The second-order valence-electron chi connectivity index (χ2n) is 3.10. The summed E-state index contributed by atoms with van der Waals surface area (Å²) in [7, 11) is 0. The number of carbonyl (C=O) groups is 1.